The Kier molecular flexibility index (Phi) is 4.04. The molecule has 1 aliphatic rings. The Morgan fingerprint density at radius 2 is 2.21 bits per heavy atom. The molecule has 1 unspecified atom stereocenters. The molecule has 0 radical (unpaired) electrons. The monoisotopic (exact) mass is 327 g/mol. The van der Waals surface area contributed by atoms with E-state index in [0.717, 1.165) is 12.2 Å². The molecule has 1 fully saturated rings. The minimum Gasteiger partial charge on any atom is -0.382 e. The Morgan fingerprint density at radius 3 is 2.74 bits per heavy atom. The number of hydrogen-bond donors (Lipinski definition) is 1. The van der Waals surface area contributed by atoms with Gasteiger partial charge >= 0.3 is 0 Å². The third-order valence-corrected chi connectivity index (χ3v) is 4.55. The van der Waals surface area contributed by atoms with Crippen LogP contribution in [-0.4, -0.2) is 16.3 Å². The van der Waals surface area contributed by atoms with Crippen LogP contribution < -0.4 is 10.9 Å². The first-order chi connectivity index (χ1) is 8.81. The highest BCUT2D eigenvalue weighted by Crippen LogP contribution is 2.51. The van der Waals surface area contributed by atoms with E-state index in [2.05, 4.69) is 54.0 Å². The summed E-state index contributed by atoms with van der Waals surface area (Å²) in [6, 6.07) is 0. The first-order valence-electron chi connectivity index (χ1n) is 6.81. The molecule has 1 N–H and O–H groups in total. The van der Waals surface area contributed by atoms with E-state index in [1.54, 1.807) is 6.20 Å². The molecule has 0 bridgehead atoms. The van der Waals surface area contributed by atoms with Crippen LogP contribution in [0.3, 0.4) is 0 Å². The second-order valence-corrected chi connectivity index (χ2v) is 7.32. The van der Waals surface area contributed by atoms with Gasteiger partial charge in [0, 0.05) is 13.1 Å². The molecule has 1 aliphatic carbocycles. The fourth-order valence-corrected chi connectivity index (χ4v) is 2.67. The van der Waals surface area contributed by atoms with Crippen molar-refractivity contribution in [1.29, 1.82) is 0 Å². The summed E-state index contributed by atoms with van der Waals surface area (Å²) in [6.45, 7) is 10.2. The normalized spacial score (nSPS) is 20.6. The van der Waals surface area contributed by atoms with Crippen molar-refractivity contribution in [1.82, 2.24) is 9.78 Å². The highest BCUT2D eigenvalue weighted by atomic mass is 79.9. The van der Waals surface area contributed by atoms with Gasteiger partial charge in [-0.05, 0) is 39.6 Å². The number of nitrogens with zero attached hydrogens (tertiary/aromatic N) is 2. The second kappa shape index (κ2) is 5.27. The van der Waals surface area contributed by atoms with Crippen LogP contribution in [0.25, 0.3) is 0 Å². The number of halogens is 1. The maximum absolute atomic E-state index is 12.1. The number of anilines is 1. The largest absolute Gasteiger partial charge is 0.382 e. The number of aromatic nitrogens is 2. The molecule has 2 rings (SSSR count). The van der Waals surface area contributed by atoms with Gasteiger partial charge in [0.05, 0.1) is 11.9 Å². The summed E-state index contributed by atoms with van der Waals surface area (Å²) in [6.07, 6.45) is 2.98. The van der Waals surface area contributed by atoms with Crippen LogP contribution in [0, 0.1) is 17.3 Å². The molecule has 1 heterocycles. The van der Waals surface area contributed by atoms with E-state index in [4.69, 9.17) is 0 Å². The van der Waals surface area contributed by atoms with Gasteiger partial charge in [-0.25, -0.2) is 4.68 Å². The average Bonchev–Trinajstić information content (AvgIpc) is 2.92. The Balaban J connectivity index is 2.06. The van der Waals surface area contributed by atoms with Gasteiger partial charge < -0.3 is 5.32 Å². The Labute approximate surface area is 122 Å². The molecule has 0 spiro atoms. The highest BCUT2D eigenvalue weighted by Gasteiger charge is 2.45. The molecule has 5 heteroatoms. The van der Waals surface area contributed by atoms with Gasteiger partial charge in [-0.3, -0.25) is 4.79 Å². The highest BCUT2D eigenvalue weighted by molar-refractivity contribution is 9.10. The van der Waals surface area contributed by atoms with Crippen LogP contribution in [0.5, 0.6) is 0 Å². The number of hydrogen-bond acceptors (Lipinski definition) is 3. The first-order valence-corrected chi connectivity index (χ1v) is 7.60. The lowest BCUT2D eigenvalue weighted by Gasteiger charge is -2.12. The van der Waals surface area contributed by atoms with Crippen LogP contribution in [-0.2, 0) is 6.54 Å². The summed E-state index contributed by atoms with van der Waals surface area (Å²) in [5.41, 5.74) is 1.18. The number of nitrogens with one attached hydrogen (secondary N) is 1. The quantitative estimate of drug-likeness (QED) is 0.903. The summed E-state index contributed by atoms with van der Waals surface area (Å²) in [5.74, 6) is 1.10. The molecule has 4 nitrogen and oxygen atoms in total. The Hall–Kier alpha value is -0.840. The Bertz CT molecular complexity index is 522. The predicted octanol–water partition coefficient (Wildman–Crippen LogP) is 3.12. The smallest absolute Gasteiger partial charge is 0.283 e. The second-order valence-electron chi connectivity index (χ2n) is 6.52. The third-order valence-electron chi connectivity index (χ3n) is 3.78. The van der Waals surface area contributed by atoms with E-state index in [1.165, 1.54) is 11.1 Å². The van der Waals surface area contributed by atoms with Crippen LogP contribution in [0.4, 0.5) is 5.69 Å². The molecular weight excluding hydrogens is 306 g/mol. The summed E-state index contributed by atoms with van der Waals surface area (Å²) in [4.78, 5) is 12.1. The molecule has 0 saturated heterocycles. The van der Waals surface area contributed by atoms with E-state index >= 15 is 0 Å². The van der Waals surface area contributed by atoms with Crippen molar-refractivity contribution in [3.63, 3.8) is 0 Å². The van der Waals surface area contributed by atoms with Crippen molar-refractivity contribution >= 4 is 21.6 Å². The zero-order valence-electron chi connectivity index (χ0n) is 12.0. The molecule has 106 valence electrons. The maximum Gasteiger partial charge on any atom is 0.283 e. The van der Waals surface area contributed by atoms with E-state index < -0.39 is 0 Å². The molecule has 1 saturated carbocycles. The van der Waals surface area contributed by atoms with Gasteiger partial charge in [0.15, 0.2) is 0 Å². The van der Waals surface area contributed by atoms with Gasteiger partial charge in [0.25, 0.3) is 5.56 Å². The van der Waals surface area contributed by atoms with Crippen molar-refractivity contribution in [3.8, 4) is 0 Å². The van der Waals surface area contributed by atoms with Crippen LogP contribution in [0.15, 0.2) is 15.5 Å². The molecule has 1 aromatic heterocycles. The van der Waals surface area contributed by atoms with Gasteiger partial charge in [0.2, 0.25) is 0 Å². The summed E-state index contributed by atoms with van der Waals surface area (Å²) in [5, 5.41) is 7.55. The lowest BCUT2D eigenvalue weighted by atomic mass is 10.1. The van der Waals surface area contributed by atoms with Crippen LogP contribution in [0.1, 0.15) is 34.1 Å². The minimum atomic E-state index is -0.0613. The molecule has 1 atom stereocenters. The molecule has 0 amide bonds. The van der Waals surface area contributed by atoms with Gasteiger partial charge in [-0.1, -0.05) is 27.7 Å². The number of rotatable bonds is 5. The van der Waals surface area contributed by atoms with Crippen molar-refractivity contribution in [2.45, 2.75) is 40.7 Å². The standard InChI is InChI=1S/C14H22BrN3O/c1-9(2)8-18-13(19)12(15)11(7-17-18)16-6-10-5-14(10,3)4/h7,9-10,16H,5-6,8H2,1-4H3. The zero-order chi connectivity index (χ0) is 14.2. The first kappa shape index (κ1) is 14.6. The molecule has 0 aromatic carbocycles. The molecule has 0 aliphatic heterocycles. The van der Waals surface area contributed by atoms with Crippen molar-refractivity contribution in [2.24, 2.45) is 17.3 Å². The van der Waals surface area contributed by atoms with Gasteiger partial charge in [0.1, 0.15) is 4.47 Å². The molecular formula is C14H22BrN3O. The van der Waals surface area contributed by atoms with Crippen molar-refractivity contribution in [3.05, 3.63) is 21.0 Å². The lowest BCUT2D eigenvalue weighted by Crippen LogP contribution is -2.26. The summed E-state index contributed by atoms with van der Waals surface area (Å²) < 4.78 is 2.10. The van der Waals surface area contributed by atoms with Crippen LogP contribution >= 0.6 is 15.9 Å². The minimum absolute atomic E-state index is 0.0613. The third kappa shape index (κ3) is 3.38. The summed E-state index contributed by atoms with van der Waals surface area (Å²) in [7, 11) is 0. The van der Waals surface area contributed by atoms with E-state index in [9.17, 15) is 4.79 Å². The average molecular weight is 328 g/mol. The molecule has 19 heavy (non-hydrogen) atoms. The Morgan fingerprint density at radius 1 is 1.58 bits per heavy atom. The van der Waals surface area contributed by atoms with Gasteiger partial charge in [-0.2, -0.15) is 5.10 Å². The fraction of sp³-hybridized carbons (Fsp3) is 0.714. The van der Waals surface area contributed by atoms with E-state index in [0.29, 0.717) is 28.3 Å². The lowest BCUT2D eigenvalue weighted by molar-refractivity contribution is 0.462. The molecule has 1 aromatic rings. The van der Waals surface area contributed by atoms with E-state index in [1.807, 2.05) is 0 Å². The maximum atomic E-state index is 12.1. The van der Waals surface area contributed by atoms with E-state index in [-0.39, 0.29) is 5.56 Å². The zero-order valence-corrected chi connectivity index (χ0v) is 13.6. The van der Waals surface area contributed by atoms with Crippen LogP contribution in [0.2, 0.25) is 0 Å². The fourth-order valence-electron chi connectivity index (χ4n) is 2.22. The van der Waals surface area contributed by atoms with Crippen molar-refractivity contribution < 1.29 is 0 Å². The topological polar surface area (TPSA) is 46.9 Å². The predicted molar refractivity (Wildman–Crippen MR) is 81.4 cm³/mol. The SMILES string of the molecule is CC(C)Cn1ncc(NCC2CC2(C)C)c(Br)c1=O. The van der Waals surface area contributed by atoms with Gasteiger partial charge in [-0.15, -0.1) is 0 Å². The summed E-state index contributed by atoms with van der Waals surface area (Å²) >= 11 is 3.38. The van der Waals surface area contributed by atoms with Crippen molar-refractivity contribution in [2.75, 3.05) is 11.9 Å².